The molecule has 5 nitrogen and oxygen atoms in total. The summed E-state index contributed by atoms with van der Waals surface area (Å²) in [4.78, 5) is 2.25. The number of nitrogens with zero attached hydrogens (tertiary/aromatic N) is 4. The SMILES string of the molecule is CCN1CC=C2C(C#N)=C(N)C(C#N)(C#N)C(c3ccsc3)C2C1. The van der Waals surface area contributed by atoms with Crippen LogP contribution in [-0.4, -0.2) is 24.5 Å². The quantitative estimate of drug-likeness (QED) is 0.895. The molecule has 0 fully saturated rings. The Kier molecular flexibility index (Phi) is 4.16. The molecule has 120 valence electrons. The highest BCUT2D eigenvalue weighted by atomic mass is 32.1. The van der Waals surface area contributed by atoms with E-state index in [1.54, 1.807) is 0 Å². The fraction of sp³-hybridized carbons (Fsp3) is 0.389. The van der Waals surface area contributed by atoms with Crippen molar-refractivity contribution in [2.24, 2.45) is 17.1 Å². The Labute approximate surface area is 145 Å². The second kappa shape index (κ2) is 6.13. The van der Waals surface area contributed by atoms with Gasteiger partial charge in [-0.05, 0) is 34.5 Å². The van der Waals surface area contributed by atoms with Crippen molar-refractivity contribution in [2.45, 2.75) is 12.8 Å². The van der Waals surface area contributed by atoms with Crippen LogP contribution in [0.3, 0.4) is 0 Å². The maximum absolute atomic E-state index is 9.88. The van der Waals surface area contributed by atoms with E-state index in [0.29, 0.717) is 12.1 Å². The molecule has 1 aliphatic heterocycles. The van der Waals surface area contributed by atoms with E-state index in [2.05, 4.69) is 30.0 Å². The van der Waals surface area contributed by atoms with E-state index >= 15 is 0 Å². The van der Waals surface area contributed by atoms with Crippen LogP contribution in [0.25, 0.3) is 0 Å². The van der Waals surface area contributed by atoms with Gasteiger partial charge < -0.3 is 5.73 Å². The lowest BCUT2D eigenvalue weighted by Gasteiger charge is -2.45. The Morgan fingerprint density at radius 1 is 1.38 bits per heavy atom. The molecule has 1 aromatic heterocycles. The summed E-state index contributed by atoms with van der Waals surface area (Å²) in [6.07, 6.45) is 2.03. The molecule has 24 heavy (non-hydrogen) atoms. The summed E-state index contributed by atoms with van der Waals surface area (Å²) in [5.74, 6) is -0.453. The molecule has 0 amide bonds. The van der Waals surface area contributed by atoms with Gasteiger partial charge in [0.1, 0.15) is 6.07 Å². The van der Waals surface area contributed by atoms with Gasteiger partial charge in [-0.1, -0.05) is 13.0 Å². The minimum absolute atomic E-state index is 0.0884. The zero-order valence-corrected chi connectivity index (χ0v) is 14.2. The summed E-state index contributed by atoms with van der Waals surface area (Å²) in [6, 6.07) is 8.39. The normalized spacial score (nSPS) is 25.8. The van der Waals surface area contributed by atoms with Gasteiger partial charge in [0.05, 0.1) is 23.4 Å². The van der Waals surface area contributed by atoms with Crippen molar-refractivity contribution in [1.29, 1.82) is 15.8 Å². The Balaban J connectivity index is 2.29. The number of hydrogen-bond acceptors (Lipinski definition) is 6. The van der Waals surface area contributed by atoms with Crippen molar-refractivity contribution in [3.63, 3.8) is 0 Å². The van der Waals surface area contributed by atoms with Crippen molar-refractivity contribution in [3.05, 3.63) is 45.3 Å². The van der Waals surface area contributed by atoms with E-state index in [1.807, 2.05) is 22.9 Å². The van der Waals surface area contributed by atoms with Crippen LogP contribution in [0.4, 0.5) is 0 Å². The van der Waals surface area contributed by atoms with Crippen molar-refractivity contribution in [3.8, 4) is 18.2 Å². The highest BCUT2D eigenvalue weighted by Crippen LogP contribution is 2.54. The average molecular weight is 335 g/mol. The Morgan fingerprint density at radius 3 is 2.67 bits per heavy atom. The van der Waals surface area contributed by atoms with Gasteiger partial charge in [0.25, 0.3) is 0 Å². The number of rotatable bonds is 2. The molecule has 2 unspecified atom stereocenters. The van der Waals surface area contributed by atoms with Crippen LogP contribution < -0.4 is 5.73 Å². The molecule has 0 radical (unpaired) electrons. The van der Waals surface area contributed by atoms with E-state index in [9.17, 15) is 15.8 Å². The summed E-state index contributed by atoms with van der Waals surface area (Å²) >= 11 is 1.53. The molecule has 2 heterocycles. The first-order valence-corrected chi connectivity index (χ1v) is 8.74. The predicted octanol–water partition coefficient (Wildman–Crippen LogP) is 2.49. The fourth-order valence-corrected chi connectivity index (χ4v) is 4.52. The lowest BCUT2D eigenvalue weighted by Crippen LogP contribution is -2.47. The number of allylic oxidation sites excluding steroid dienone is 2. The Morgan fingerprint density at radius 2 is 2.12 bits per heavy atom. The molecule has 0 aromatic carbocycles. The third-order valence-corrected chi connectivity index (χ3v) is 5.79. The van der Waals surface area contributed by atoms with Crippen LogP contribution in [-0.2, 0) is 0 Å². The van der Waals surface area contributed by atoms with Gasteiger partial charge in [0.2, 0.25) is 0 Å². The summed E-state index contributed by atoms with van der Waals surface area (Å²) in [5.41, 5.74) is 6.95. The lowest BCUT2D eigenvalue weighted by atomic mass is 9.58. The second-order valence-electron chi connectivity index (χ2n) is 6.08. The zero-order chi connectivity index (χ0) is 17.3. The Bertz CT molecular complexity index is 814. The van der Waals surface area contributed by atoms with Gasteiger partial charge in [-0.3, -0.25) is 4.90 Å². The molecule has 1 aromatic rings. The van der Waals surface area contributed by atoms with E-state index < -0.39 is 5.41 Å². The monoisotopic (exact) mass is 335 g/mol. The summed E-state index contributed by atoms with van der Waals surface area (Å²) in [7, 11) is 0. The average Bonchev–Trinajstić information content (AvgIpc) is 3.14. The standard InChI is InChI=1S/C18H17N5S/c1-2-23-5-3-13-14(7-19)17(22)18(10-20,11-21)16(15(13)8-23)12-4-6-24-9-12/h3-4,6,9,15-16H,2,5,8,22H2,1H3. The smallest absolute Gasteiger partial charge is 0.191 e. The van der Waals surface area contributed by atoms with Crippen LogP contribution in [0.1, 0.15) is 18.4 Å². The van der Waals surface area contributed by atoms with E-state index in [1.165, 1.54) is 11.3 Å². The van der Waals surface area contributed by atoms with Crippen LogP contribution >= 0.6 is 11.3 Å². The molecule has 1 aliphatic carbocycles. The molecule has 2 atom stereocenters. The minimum atomic E-state index is -1.51. The first kappa shape index (κ1) is 16.3. The molecular weight excluding hydrogens is 318 g/mol. The molecule has 0 spiro atoms. The maximum Gasteiger partial charge on any atom is 0.191 e. The van der Waals surface area contributed by atoms with Crippen molar-refractivity contribution < 1.29 is 0 Å². The first-order valence-electron chi connectivity index (χ1n) is 7.80. The molecule has 2 aliphatic rings. The third-order valence-electron chi connectivity index (χ3n) is 5.09. The van der Waals surface area contributed by atoms with Crippen LogP contribution in [0.2, 0.25) is 0 Å². The summed E-state index contributed by atoms with van der Waals surface area (Å²) in [6.45, 7) is 4.43. The molecule has 0 bridgehead atoms. The van der Waals surface area contributed by atoms with E-state index in [-0.39, 0.29) is 17.5 Å². The van der Waals surface area contributed by atoms with Gasteiger partial charge >= 0.3 is 0 Å². The molecule has 0 saturated carbocycles. The van der Waals surface area contributed by atoms with Crippen molar-refractivity contribution in [1.82, 2.24) is 4.90 Å². The van der Waals surface area contributed by atoms with Crippen molar-refractivity contribution >= 4 is 11.3 Å². The molecule has 0 saturated heterocycles. The van der Waals surface area contributed by atoms with Gasteiger partial charge in [-0.25, -0.2) is 0 Å². The number of fused-ring (bicyclic) bond motifs is 1. The largest absolute Gasteiger partial charge is 0.399 e. The number of hydrogen-bond donors (Lipinski definition) is 1. The summed E-state index contributed by atoms with van der Waals surface area (Å²) < 4.78 is 0. The van der Waals surface area contributed by atoms with Crippen LogP contribution in [0.5, 0.6) is 0 Å². The second-order valence-corrected chi connectivity index (χ2v) is 6.86. The predicted molar refractivity (Wildman–Crippen MR) is 91.2 cm³/mol. The first-order chi connectivity index (χ1) is 11.6. The molecule has 6 heteroatoms. The number of thiophene rings is 1. The van der Waals surface area contributed by atoms with Gasteiger partial charge in [-0.15, -0.1) is 0 Å². The fourth-order valence-electron chi connectivity index (χ4n) is 3.83. The van der Waals surface area contributed by atoms with E-state index in [0.717, 1.165) is 24.2 Å². The maximum atomic E-state index is 9.88. The van der Waals surface area contributed by atoms with Gasteiger partial charge in [-0.2, -0.15) is 27.1 Å². The topological polar surface area (TPSA) is 101 Å². The minimum Gasteiger partial charge on any atom is -0.399 e. The third kappa shape index (κ3) is 2.14. The molecular formula is C18H17N5S. The lowest BCUT2D eigenvalue weighted by molar-refractivity contribution is 0.215. The Hall–Kier alpha value is -2.59. The molecule has 3 rings (SSSR count). The summed E-state index contributed by atoms with van der Waals surface area (Å²) in [5, 5.41) is 33.3. The van der Waals surface area contributed by atoms with E-state index in [4.69, 9.17) is 5.73 Å². The van der Waals surface area contributed by atoms with Crippen LogP contribution in [0.15, 0.2) is 39.7 Å². The number of likely N-dealkylation sites (N-methyl/N-ethyl adjacent to an activating group) is 1. The van der Waals surface area contributed by atoms with Crippen LogP contribution in [0, 0.1) is 45.3 Å². The highest BCUT2D eigenvalue weighted by Gasteiger charge is 2.54. The number of nitriles is 3. The number of nitrogens with two attached hydrogens (primary N) is 1. The van der Waals surface area contributed by atoms with Gasteiger partial charge in [0.15, 0.2) is 5.41 Å². The zero-order valence-electron chi connectivity index (χ0n) is 13.4. The molecule has 2 N–H and O–H groups in total. The van der Waals surface area contributed by atoms with Gasteiger partial charge in [0, 0.05) is 24.9 Å². The van der Waals surface area contributed by atoms with Crippen molar-refractivity contribution in [2.75, 3.05) is 19.6 Å². The highest BCUT2D eigenvalue weighted by molar-refractivity contribution is 7.08.